The molecule has 3 heterocycles. The normalized spacial score (nSPS) is 20.0. The number of piperidine rings is 1. The summed E-state index contributed by atoms with van der Waals surface area (Å²) in [6.45, 7) is 5.06. The zero-order chi connectivity index (χ0) is 29.4. The maximum atomic E-state index is 13.7. The van der Waals surface area contributed by atoms with E-state index in [2.05, 4.69) is 52.4 Å². The van der Waals surface area contributed by atoms with Gasteiger partial charge in [0.1, 0.15) is 5.56 Å². The second kappa shape index (κ2) is 11.5. The van der Waals surface area contributed by atoms with E-state index in [1.165, 1.54) is 13.5 Å². The standard InChI is InChI=1S/C33H38N6O3/c1-5-9-25-12-6-7-13-38(25)32(40)23-11-8-10-22(16-23)24-14-21(2)15-26(17-24)39-31(29(19-34-39)33(41)42-4)28-18-27(28)30-20-37(3)36-35-30/h8,10-11,14-17,19-20,25,27-28H,5-7,9,12-13,18H2,1-4H3/t25-,27+,28+/m1/s1. The third kappa shape index (κ3) is 5.35. The predicted molar refractivity (Wildman–Crippen MR) is 160 cm³/mol. The van der Waals surface area contributed by atoms with Gasteiger partial charge in [0.2, 0.25) is 0 Å². The number of nitrogens with zero attached hydrogens (tertiary/aromatic N) is 6. The number of aryl methyl sites for hydroxylation is 2. The summed E-state index contributed by atoms with van der Waals surface area (Å²) in [5.41, 5.74) is 6.80. The number of methoxy groups -OCH3 is 1. The molecule has 2 fully saturated rings. The number of amides is 1. The number of rotatable bonds is 8. The van der Waals surface area contributed by atoms with E-state index in [0.717, 1.165) is 78.0 Å². The Morgan fingerprint density at radius 1 is 1.07 bits per heavy atom. The van der Waals surface area contributed by atoms with Crippen molar-refractivity contribution >= 4 is 11.9 Å². The monoisotopic (exact) mass is 566 g/mol. The van der Waals surface area contributed by atoms with E-state index >= 15 is 0 Å². The van der Waals surface area contributed by atoms with E-state index in [0.29, 0.717) is 11.6 Å². The van der Waals surface area contributed by atoms with E-state index in [4.69, 9.17) is 4.74 Å². The van der Waals surface area contributed by atoms with Crippen molar-refractivity contribution < 1.29 is 14.3 Å². The molecule has 2 aromatic heterocycles. The lowest BCUT2D eigenvalue weighted by atomic mass is 9.96. The van der Waals surface area contributed by atoms with Gasteiger partial charge in [0.25, 0.3) is 5.91 Å². The molecule has 1 aliphatic carbocycles. The average Bonchev–Trinajstić information content (AvgIpc) is 3.45. The minimum atomic E-state index is -0.403. The maximum Gasteiger partial charge on any atom is 0.341 e. The summed E-state index contributed by atoms with van der Waals surface area (Å²) < 4.78 is 8.68. The molecule has 4 aromatic rings. The molecule has 9 nitrogen and oxygen atoms in total. The van der Waals surface area contributed by atoms with Crippen LogP contribution in [0, 0.1) is 6.92 Å². The van der Waals surface area contributed by atoms with Gasteiger partial charge in [0, 0.05) is 43.2 Å². The van der Waals surface area contributed by atoms with Crippen molar-refractivity contribution in [2.24, 2.45) is 7.05 Å². The molecule has 1 saturated carbocycles. The molecular formula is C33H38N6O3. The quantitative estimate of drug-likeness (QED) is 0.249. The first kappa shape index (κ1) is 27.9. The number of ether oxygens (including phenoxy) is 1. The number of aromatic nitrogens is 5. The van der Waals surface area contributed by atoms with Crippen LogP contribution in [0.4, 0.5) is 0 Å². The molecule has 6 rings (SSSR count). The molecule has 1 amide bonds. The van der Waals surface area contributed by atoms with Crippen LogP contribution in [0.25, 0.3) is 16.8 Å². The van der Waals surface area contributed by atoms with Crippen molar-refractivity contribution in [1.82, 2.24) is 29.7 Å². The molecule has 218 valence electrons. The van der Waals surface area contributed by atoms with Gasteiger partial charge < -0.3 is 9.64 Å². The summed E-state index contributed by atoms with van der Waals surface area (Å²) >= 11 is 0. The summed E-state index contributed by atoms with van der Waals surface area (Å²) in [5.74, 6) is -0.0531. The summed E-state index contributed by atoms with van der Waals surface area (Å²) in [6, 6.07) is 14.5. The van der Waals surface area contributed by atoms with E-state index in [1.807, 2.05) is 42.2 Å². The van der Waals surface area contributed by atoms with Gasteiger partial charge in [-0.3, -0.25) is 9.48 Å². The van der Waals surface area contributed by atoms with E-state index in [-0.39, 0.29) is 17.7 Å². The Morgan fingerprint density at radius 2 is 1.93 bits per heavy atom. The highest BCUT2D eigenvalue weighted by Crippen LogP contribution is 2.55. The van der Waals surface area contributed by atoms with Crippen molar-refractivity contribution in [3.8, 4) is 16.8 Å². The summed E-state index contributed by atoms with van der Waals surface area (Å²) in [5, 5.41) is 13.1. The van der Waals surface area contributed by atoms with Crippen LogP contribution in [0.15, 0.2) is 54.9 Å². The summed E-state index contributed by atoms with van der Waals surface area (Å²) in [6.07, 6.45) is 9.83. The zero-order valence-electron chi connectivity index (χ0n) is 24.8. The van der Waals surface area contributed by atoms with Crippen LogP contribution in [0.3, 0.4) is 0 Å². The van der Waals surface area contributed by atoms with Gasteiger partial charge in [0.05, 0.1) is 30.4 Å². The third-order valence-corrected chi connectivity index (χ3v) is 8.61. The molecule has 9 heteroatoms. The smallest absolute Gasteiger partial charge is 0.341 e. The van der Waals surface area contributed by atoms with E-state index < -0.39 is 5.97 Å². The lowest BCUT2D eigenvalue weighted by molar-refractivity contribution is 0.0592. The molecule has 0 spiro atoms. The van der Waals surface area contributed by atoms with Crippen LogP contribution >= 0.6 is 0 Å². The van der Waals surface area contributed by atoms with Crippen LogP contribution < -0.4 is 0 Å². The number of benzene rings is 2. The molecule has 0 unspecified atom stereocenters. The SMILES string of the molecule is CCC[C@@H]1CCCCN1C(=O)c1cccc(-c2cc(C)cc(-n3ncc(C(=O)OC)c3[C@H]3C[C@@H]3c3cn(C)nn3)c2)c1. The van der Waals surface area contributed by atoms with Gasteiger partial charge in [-0.2, -0.15) is 5.10 Å². The van der Waals surface area contributed by atoms with Crippen molar-refractivity contribution in [2.75, 3.05) is 13.7 Å². The highest BCUT2D eigenvalue weighted by atomic mass is 16.5. The maximum absolute atomic E-state index is 13.7. The highest BCUT2D eigenvalue weighted by molar-refractivity contribution is 5.96. The number of carbonyl (C=O) groups excluding carboxylic acids is 2. The fourth-order valence-corrected chi connectivity index (χ4v) is 6.50. The summed E-state index contributed by atoms with van der Waals surface area (Å²) in [4.78, 5) is 28.5. The van der Waals surface area contributed by atoms with Crippen molar-refractivity contribution in [1.29, 1.82) is 0 Å². The van der Waals surface area contributed by atoms with Gasteiger partial charge in [0.15, 0.2) is 0 Å². The van der Waals surface area contributed by atoms with Crippen LogP contribution in [0.2, 0.25) is 0 Å². The highest BCUT2D eigenvalue weighted by Gasteiger charge is 2.46. The lowest BCUT2D eigenvalue weighted by Gasteiger charge is -2.36. The molecule has 42 heavy (non-hydrogen) atoms. The Bertz CT molecular complexity index is 1620. The second-order valence-corrected chi connectivity index (χ2v) is 11.7. The van der Waals surface area contributed by atoms with Crippen LogP contribution in [0.1, 0.15) is 95.0 Å². The minimum absolute atomic E-state index is 0.0730. The Balaban J connectivity index is 1.35. The first-order chi connectivity index (χ1) is 20.4. The average molecular weight is 567 g/mol. The molecular weight excluding hydrogens is 528 g/mol. The van der Waals surface area contributed by atoms with Gasteiger partial charge in [-0.15, -0.1) is 5.10 Å². The van der Waals surface area contributed by atoms with Crippen molar-refractivity contribution in [2.45, 2.75) is 70.3 Å². The Hall–Kier alpha value is -4.27. The lowest BCUT2D eigenvalue weighted by Crippen LogP contribution is -2.43. The molecule has 1 saturated heterocycles. The number of hydrogen-bond acceptors (Lipinski definition) is 6. The first-order valence-electron chi connectivity index (χ1n) is 14.9. The van der Waals surface area contributed by atoms with Gasteiger partial charge in [-0.25, -0.2) is 9.48 Å². The number of hydrogen-bond donors (Lipinski definition) is 0. The molecule has 2 aliphatic rings. The van der Waals surface area contributed by atoms with Crippen LogP contribution in [0.5, 0.6) is 0 Å². The Labute approximate surface area is 246 Å². The number of carbonyl (C=O) groups is 2. The number of esters is 1. The zero-order valence-corrected chi connectivity index (χ0v) is 24.8. The molecule has 2 aromatic carbocycles. The largest absolute Gasteiger partial charge is 0.465 e. The third-order valence-electron chi connectivity index (χ3n) is 8.61. The first-order valence-corrected chi connectivity index (χ1v) is 14.9. The fraction of sp³-hybridized carbons (Fsp3) is 0.424. The van der Waals surface area contributed by atoms with Crippen molar-refractivity contribution in [3.05, 3.63) is 82.9 Å². The molecule has 0 bridgehead atoms. The fourth-order valence-electron chi connectivity index (χ4n) is 6.50. The van der Waals surface area contributed by atoms with E-state index in [9.17, 15) is 9.59 Å². The molecule has 1 aliphatic heterocycles. The predicted octanol–water partition coefficient (Wildman–Crippen LogP) is 5.83. The van der Waals surface area contributed by atoms with Crippen molar-refractivity contribution in [3.63, 3.8) is 0 Å². The van der Waals surface area contributed by atoms with Crippen LogP contribution in [-0.2, 0) is 11.8 Å². The molecule has 3 atom stereocenters. The topological polar surface area (TPSA) is 95.1 Å². The minimum Gasteiger partial charge on any atom is -0.465 e. The van der Waals surface area contributed by atoms with Gasteiger partial charge in [-0.1, -0.05) is 36.8 Å². The molecule has 0 N–H and O–H groups in total. The van der Waals surface area contributed by atoms with Gasteiger partial charge in [-0.05, 0) is 80.0 Å². The van der Waals surface area contributed by atoms with Gasteiger partial charge >= 0.3 is 5.97 Å². The van der Waals surface area contributed by atoms with Crippen LogP contribution in [-0.4, -0.2) is 61.2 Å². The number of likely N-dealkylation sites (tertiary alicyclic amines) is 1. The summed E-state index contributed by atoms with van der Waals surface area (Å²) in [7, 11) is 3.24. The Morgan fingerprint density at radius 3 is 2.69 bits per heavy atom. The van der Waals surface area contributed by atoms with E-state index in [1.54, 1.807) is 10.9 Å². The molecule has 0 radical (unpaired) electrons. The second-order valence-electron chi connectivity index (χ2n) is 11.7. The Kier molecular flexibility index (Phi) is 7.66.